The van der Waals surface area contributed by atoms with Gasteiger partial charge in [-0.15, -0.1) is 0 Å². The molecule has 0 saturated heterocycles. The molecule has 12 heavy (non-hydrogen) atoms. The fourth-order valence-corrected chi connectivity index (χ4v) is 2.00. The number of rotatable bonds is 0. The van der Waals surface area contributed by atoms with Crippen LogP contribution in [0.4, 0.5) is 4.39 Å². The molecule has 2 rings (SSSR count). The number of aliphatic imine (C=N–C) groups is 1. The van der Waals surface area contributed by atoms with Crippen LogP contribution in [0.5, 0.6) is 0 Å². The van der Waals surface area contributed by atoms with Gasteiger partial charge in [-0.2, -0.15) is 0 Å². The Labute approximate surface area is 74.7 Å². The minimum Gasteiger partial charge on any atom is -0.278 e. The summed E-state index contributed by atoms with van der Waals surface area (Å²) in [5, 5.41) is 1.05. The number of fused-ring (bicyclic) bond motifs is 1. The summed E-state index contributed by atoms with van der Waals surface area (Å²) in [5.74, 6) is -0.177. The molecular formula is C9H8FNS. The molecule has 1 heterocycles. The monoisotopic (exact) mass is 181 g/mol. The Morgan fingerprint density at radius 3 is 3.17 bits per heavy atom. The van der Waals surface area contributed by atoms with Crippen LogP contribution in [-0.4, -0.2) is 5.04 Å². The molecule has 0 bridgehead atoms. The Morgan fingerprint density at radius 1 is 1.50 bits per heavy atom. The van der Waals surface area contributed by atoms with Gasteiger partial charge in [0.05, 0.1) is 11.6 Å². The van der Waals surface area contributed by atoms with Gasteiger partial charge in [0.15, 0.2) is 0 Å². The van der Waals surface area contributed by atoms with E-state index in [1.807, 2.05) is 13.0 Å². The quantitative estimate of drug-likeness (QED) is 0.599. The average molecular weight is 181 g/mol. The number of thioether (sulfide) groups is 1. The highest BCUT2D eigenvalue weighted by Gasteiger charge is 2.10. The SMILES string of the molecule is CC1=NCc2cc(F)ccc2S1. The molecule has 1 aliphatic rings. The Morgan fingerprint density at radius 2 is 2.33 bits per heavy atom. The number of nitrogens with zero attached hydrogens (tertiary/aromatic N) is 1. The van der Waals surface area contributed by atoms with Crippen LogP contribution < -0.4 is 0 Å². The normalized spacial score (nSPS) is 15.3. The summed E-state index contributed by atoms with van der Waals surface area (Å²) in [4.78, 5) is 5.35. The minimum absolute atomic E-state index is 0.177. The van der Waals surface area contributed by atoms with E-state index in [9.17, 15) is 4.39 Å². The second-order valence-corrected chi connectivity index (χ2v) is 3.92. The van der Waals surface area contributed by atoms with Gasteiger partial charge in [-0.3, -0.25) is 4.99 Å². The molecular weight excluding hydrogens is 173 g/mol. The van der Waals surface area contributed by atoms with Gasteiger partial charge in [0.2, 0.25) is 0 Å². The van der Waals surface area contributed by atoms with Crippen molar-refractivity contribution >= 4 is 16.8 Å². The lowest BCUT2D eigenvalue weighted by atomic mass is 10.2. The maximum absolute atomic E-state index is 12.7. The Balaban J connectivity index is 2.43. The Bertz CT molecular complexity index is 346. The minimum atomic E-state index is -0.177. The molecule has 1 aromatic carbocycles. The van der Waals surface area contributed by atoms with Crippen LogP contribution >= 0.6 is 11.8 Å². The van der Waals surface area contributed by atoms with E-state index >= 15 is 0 Å². The molecule has 0 amide bonds. The zero-order valence-corrected chi connectivity index (χ0v) is 7.49. The number of benzene rings is 1. The van der Waals surface area contributed by atoms with Crippen LogP contribution in [-0.2, 0) is 6.54 Å². The van der Waals surface area contributed by atoms with Crippen molar-refractivity contribution in [3.8, 4) is 0 Å². The highest BCUT2D eigenvalue weighted by molar-refractivity contribution is 8.14. The lowest BCUT2D eigenvalue weighted by Gasteiger charge is -2.12. The van der Waals surface area contributed by atoms with Gasteiger partial charge in [-0.25, -0.2) is 4.39 Å². The second-order valence-electron chi connectivity index (χ2n) is 2.69. The van der Waals surface area contributed by atoms with Crippen LogP contribution in [0.2, 0.25) is 0 Å². The van der Waals surface area contributed by atoms with E-state index in [-0.39, 0.29) is 5.82 Å². The summed E-state index contributed by atoms with van der Waals surface area (Å²) < 4.78 is 12.7. The van der Waals surface area contributed by atoms with Crippen LogP contribution in [0.25, 0.3) is 0 Å². The van der Waals surface area contributed by atoms with Crippen molar-refractivity contribution in [3.63, 3.8) is 0 Å². The van der Waals surface area contributed by atoms with Crippen LogP contribution in [0.15, 0.2) is 28.1 Å². The summed E-state index contributed by atoms with van der Waals surface area (Å²) in [6, 6.07) is 4.86. The van der Waals surface area contributed by atoms with Crippen LogP contribution in [0.1, 0.15) is 12.5 Å². The molecule has 1 aromatic rings. The van der Waals surface area contributed by atoms with Gasteiger partial charge in [0.1, 0.15) is 5.82 Å². The van der Waals surface area contributed by atoms with Gasteiger partial charge in [0.25, 0.3) is 0 Å². The molecule has 62 valence electrons. The van der Waals surface area contributed by atoms with Crippen molar-refractivity contribution in [2.75, 3.05) is 0 Å². The highest BCUT2D eigenvalue weighted by atomic mass is 32.2. The van der Waals surface area contributed by atoms with E-state index in [1.54, 1.807) is 17.8 Å². The molecule has 1 aliphatic heterocycles. The summed E-state index contributed by atoms with van der Waals surface area (Å²) >= 11 is 1.60. The molecule has 3 heteroatoms. The molecule has 1 nitrogen and oxygen atoms in total. The summed E-state index contributed by atoms with van der Waals surface area (Å²) in [5.41, 5.74) is 0.991. The first-order chi connectivity index (χ1) is 5.75. The topological polar surface area (TPSA) is 12.4 Å². The van der Waals surface area contributed by atoms with Crippen molar-refractivity contribution in [1.82, 2.24) is 0 Å². The van der Waals surface area contributed by atoms with Crippen molar-refractivity contribution < 1.29 is 4.39 Å². The van der Waals surface area contributed by atoms with Gasteiger partial charge < -0.3 is 0 Å². The van der Waals surface area contributed by atoms with Crippen LogP contribution in [0, 0.1) is 5.82 Å². The molecule has 0 spiro atoms. The molecule has 0 aromatic heterocycles. The third kappa shape index (κ3) is 1.37. The lowest BCUT2D eigenvalue weighted by Crippen LogP contribution is -1.98. The van der Waals surface area contributed by atoms with E-state index in [1.165, 1.54) is 6.07 Å². The predicted octanol–water partition coefficient (Wildman–Crippen LogP) is 2.85. The zero-order chi connectivity index (χ0) is 8.55. The van der Waals surface area contributed by atoms with Gasteiger partial charge >= 0.3 is 0 Å². The summed E-state index contributed by atoms with van der Waals surface area (Å²) in [6.07, 6.45) is 0. The molecule has 0 fully saturated rings. The second kappa shape index (κ2) is 2.90. The van der Waals surface area contributed by atoms with Crippen molar-refractivity contribution in [2.24, 2.45) is 4.99 Å². The summed E-state index contributed by atoms with van der Waals surface area (Å²) in [6.45, 7) is 2.59. The Hall–Kier alpha value is -0.830. The largest absolute Gasteiger partial charge is 0.278 e. The predicted molar refractivity (Wildman–Crippen MR) is 49.1 cm³/mol. The average Bonchev–Trinajstić information content (AvgIpc) is 2.05. The van der Waals surface area contributed by atoms with E-state index < -0.39 is 0 Å². The number of hydrogen-bond acceptors (Lipinski definition) is 2. The number of halogens is 1. The fraction of sp³-hybridized carbons (Fsp3) is 0.222. The van der Waals surface area contributed by atoms with Crippen LogP contribution in [0.3, 0.4) is 0 Å². The zero-order valence-electron chi connectivity index (χ0n) is 6.67. The van der Waals surface area contributed by atoms with Crippen molar-refractivity contribution in [3.05, 3.63) is 29.6 Å². The maximum atomic E-state index is 12.7. The maximum Gasteiger partial charge on any atom is 0.123 e. The van der Waals surface area contributed by atoms with E-state index in [0.29, 0.717) is 6.54 Å². The van der Waals surface area contributed by atoms with Gasteiger partial charge in [-0.05, 0) is 30.7 Å². The third-order valence-electron chi connectivity index (χ3n) is 1.75. The fourth-order valence-electron chi connectivity index (χ4n) is 1.16. The van der Waals surface area contributed by atoms with E-state index in [4.69, 9.17) is 0 Å². The van der Waals surface area contributed by atoms with E-state index in [0.717, 1.165) is 15.5 Å². The standard InChI is InChI=1S/C9H8FNS/c1-6-11-5-7-4-8(10)2-3-9(7)12-6/h2-4H,5H2,1H3. The van der Waals surface area contributed by atoms with Crippen molar-refractivity contribution in [1.29, 1.82) is 0 Å². The molecule has 0 N–H and O–H groups in total. The first-order valence-corrected chi connectivity index (χ1v) is 4.55. The first kappa shape index (κ1) is 7.80. The highest BCUT2D eigenvalue weighted by Crippen LogP contribution is 2.29. The third-order valence-corrected chi connectivity index (χ3v) is 2.79. The van der Waals surface area contributed by atoms with Crippen molar-refractivity contribution in [2.45, 2.75) is 18.4 Å². The number of hydrogen-bond donors (Lipinski definition) is 0. The van der Waals surface area contributed by atoms with Gasteiger partial charge in [-0.1, -0.05) is 11.8 Å². The summed E-state index contributed by atoms with van der Waals surface area (Å²) in [7, 11) is 0. The molecule has 0 saturated carbocycles. The first-order valence-electron chi connectivity index (χ1n) is 3.73. The molecule has 0 aliphatic carbocycles. The molecule has 0 unspecified atom stereocenters. The molecule has 0 radical (unpaired) electrons. The van der Waals surface area contributed by atoms with E-state index in [2.05, 4.69) is 4.99 Å². The van der Waals surface area contributed by atoms with Gasteiger partial charge in [0, 0.05) is 4.90 Å². The lowest BCUT2D eigenvalue weighted by molar-refractivity contribution is 0.623. The smallest absolute Gasteiger partial charge is 0.123 e. The molecule has 0 atom stereocenters. The Kier molecular flexibility index (Phi) is 1.89.